The van der Waals surface area contributed by atoms with Crippen LogP contribution in [0.2, 0.25) is 0 Å². The van der Waals surface area contributed by atoms with Crippen molar-refractivity contribution in [1.29, 1.82) is 0 Å². The van der Waals surface area contributed by atoms with Crippen LogP contribution in [0.3, 0.4) is 0 Å². The number of hydrogen-bond acceptors (Lipinski definition) is 6. The van der Waals surface area contributed by atoms with Crippen LogP contribution in [0.15, 0.2) is 29.0 Å². The molecule has 148 valence electrons. The normalized spacial score (nSPS) is 16.8. The van der Waals surface area contributed by atoms with E-state index in [9.17, 15) is 4.79 Å². The van der Waals surface area contributed by atoms with Crippen molar-refractivity contribution in [3.05, 3.63) is 47.5 Å². The van der Waals surface area contributed by atoms with Crippen LogP contribution in [0.25, 0.3) is 5.65 Å². The van der Waals surface area contributed by atoms with Gasteiger partial charge in [0.1, 0.15) is 11.7 Å². The predicted molar refractivity (Wildman–Crippen MR) is 101 cm³/mol. The quantitative estimate of drug-likeness (QED) is 0.700. The molecule has 4 heterocycles. The van der Waals surface area contributed by atoms with Gasteiger partial charge < -0.3 is 23.9 Å². The van der Waals surface area contributed by atoms with Gasteiger partial charge in [-0.2, -0.15) is 4.98 Å². The summed E-state index contributed by atoms with van der Waals surface area (Å²) in [6, 6.07) is 3.65. The Hall–Kier alpha value is -2.94. The number of pyridine rings is 1. The maximum Gasteiger partial charge on any atom is 0.318 e. The number of nitrogens with zero attached hydrogens (tertiary/aromatic N) is 5. The van der Waals surface area contributed by atoms with E-state index < -0.39 is 0 Å². The van der Waals surface area contributed by atoms with Gasteiger partial charge >= 0.3 is 6.03 Å². The van der Waals surface area contributed by atoms with E-state index in [-0.39, 0.29) is 12.1 Å². The third-order valence-electron chi connectivity index (χ3n) is 4.88. The lowest BCUT2D eigenvalue weighted by atomic mass is 10.2. The van der Waals surface area contributed by atoms with Gasteiger partial charge in [0.05, 0.1) is 18.8 Å². The third kappa shape index (κ3) is 3.84. The molecular formula is C19H24N6O3. The van der Waals surface area contributed by atoms with E-state index >= 15 is 0 Å². The monoisotopic (exact) mass is 384 g/mol. The Kier molecular flexibility index (Phi) is 5.25. The highest BCUT2D eigenvalue weighted by atomic mass is 16.5. The lowest BCUT2D eigenvalue weighted by Crippen LogP contribution is -2.39. The SMILES string of the molecule is COCCc1noc([C@@H]2CCCN2C(=O)NCc2cn3cc(C)ccc3n2)n1. The molecular weight excluding hydrogens is 360 g/mol. The molecule has 1 saturated heterocycles. The van der Waals surface area contributed by atoms with Gasteiger partial charge in [0, 0.05) is 32.5 Å². The number of nitrogens with one attached hydrogen (secondary N) is 1. The molecule has 1 atom stereocenters. The molecule has 0 spiro atoms. The van der Waals surface area contributed by atoms with E-state index in [1.807, 2.05) is 35.9 Å². The number of urea groups is 1. The summed E-state index contributed by atoms with van der Waals surface area (Å²) in [5.74, 6) is 1.09. The van der Waals surface area contributed by atoms with Crippen LogP contribution in [0.5, 0.6) is 0 Å². The van der Waals surface area contributed by atoms with Crippen molar-refractivity contribution in [2.75, 3.05) is 20.3 Å². The summed E-state index contributed by atoms with van der Waals surface area (Å²) in [6.45, 7) is 3.60. The molecule has 1 aliphatic heterocycles. The Bertz CT molecular complexity index is 966. The Morgan fingerprint density at radius 3 is 3.11 bits per heavy atom. The highest BCUT2D eigenvalue weighted by Gasteiger charge is 2.34. The molecule has 1 aliphatic rings. The summed E-state index contributed by atoms with van der Waals surface area (Å²) >= 11 is 0. The molecule has 1 N–H and O–H groups in total. The van der Waals surface area contributed by atoms with Crippen LogP contribution in [0.4, 0.5) is 4.79 Å². The maximum absolute atomic E-state index is 12.7. The van der Waals surface area contributed by atoms with Gasteiger partial charge in [0.25, 0.3) is 0 Å². The molecule has 3 aromatic rings. The van der Waals surface area contributed by atoms with Gasteiger partial charge in [-0.05, 0) is 31.4 Å². The number of rotatable bonds is 6. The number of likely N-dealkylation sites (tertiary alicyclic amines) is 1. The highest BCUT2D eigenvalue weighted by Crippen LogP contribution is 2.30. The molecule has 9 nitrogen and oxygen atoms in total. The van der Waals surface area contributed by atoms with Crippen LogP contribution < -0.4 is 5.32 Å². The van der Waals surface area contributed by atoms with Gasteiger partial charge in [-0.1, -0.05) is 11.2 Å². The Labute approximate surface area is 162 Å². The number of imidazole rings is 1. The molecule has 0 aromatic carbocycles. The van der Waals surface area contributed by atoms with Crippen molar-refractivity contribution in [2.24, 2.45) is 0 Å². The number of amides is 2. The smallest absolute Gasteiger partial charge is 0.318 e. The Morgan fingerprint density at radius 1 is 1.36 bits per heavy atom. The summed E-state index contributed by atoms with van der Waals surface area (Å²) in [6.07, 6.45) is 6.26. The largest absolute Gasteiger partial charge is 0.384 e. The summed E-state index contributed by atoms with van der Waals surface area (Å²) < 4.78 is 12.4. The zero-order chi connectivity index (χ0) is 19.5. The minimum Gasteiger partial charge on any atom is -0.384 e. The fourth-order valence-electron chi connectivity index (χ4n) is 3.47. The lowest BCUT2D eigenvalue weighted by Gasteiger charge is -2.22. The van der Waals surface area contributed by atoms with Crippen molar-refractivity contribution in [2.45, 2.75) is 38.8 Å². The maximum atomic E-state index is 12.7. The van der Waals surface area contributed by atoms with Gasteiger partial charge in [-0.25, -0.2) is 9.78 Å². The number of hydrogen-bond donors (Lipinski definition) is 1. The van der Waals surface area contributed by atoms with Crippen LogP contribution in [0.1, 0.15) is 41.9 Å². The molecule has 0 aliphatic carbocycles. The van der Waals surface area contributed by atoms with Crippen LogP contribution in [-0.4, -0.2) is 50.7 Å². The minimum absolute atomic E-state index is 0.146. The summed E-state index contributed by atoms with van der Waals surface area (Å²) in [5.41, 5.74) is 2.84. The third-order valence-corrected chi connectivity index (χ3v) is 4.88. The van der Waals surface area contributed by atoms with E-state index in [1.54, 1.807) is 12.0 Å². The number of aromatic nitrogens is 4. The van der Waals surface area contributed by atoms with Crippen LogP contribution >= 0.6 is 0 Å². The molecule has 0 radical (unpaired) electrons. The topological polar surface area (TPSA) is 97.8 Å². The first-order valence-electron chi connectivity index (χ1n) is 9.44. The molecule has 4 rings (SSSR count). The van der Waals surface area contributed by atoms with Crippen molar-refractivity contribution >= 4 is 11.7 Å². The first-order chi connectivity index (χ1) is 13.6. The Balaban J connectivity index is 1.39. The minimum atomic E-state index is -0.187. The average molecular weight is 384 g/mol. The zero-order valence-electron chi connectivity index (χ0n) is 16.1. The Morgan fingerprint density at radius 2 is 2.25 bits per heavy atom. The number of fused-ring (bicyclic) bond motifs is 1. The standard InChI is InChI=1S/C19H24N6O3/c1-13-5-6-17-21-14(12-24(17)11-13)10-20-19(26)25-8-3-4-15(25)18-22-16(23-28-18)7-9-27-2/h5-6,11-12,15H,3-4,7-10H2,1-2H3,(H,20,26)/t15-/m0/s1. The molecule has 2 amide bonds. The van der Waals surface area contributed by atoms with Gasteiger partial charge in [-0.3, -0.25) is 0 Å². The molecule has 3 aromatic heterocycles. The van der Waals surface area contributed by atoms with Gasteiger partial charge in [0.15, 0.2) is 5.82 Å². The van der Waals surface area contributed by atoms with Crippen molar-refractivity contribution in [3.8, 4) is 0 Å². The fraction of sp³-hybridized carbons (Fsp3) is 0.474. The molecule has 9 heteroatoms. The number of methoxy groups -OCH3 is 1. The van der Waals surface area contributed by atoms with E-state index in [0.717, 1.165) is 29.7 Å². The summed E-state index contributed by atoms with van der Waals surface area (Å²) in [4.78, 5) is 23.4. The van der Waals surface area contributed by atoms with E-state index in [4.69, 9.17) is 9.26 Å². The summed E-state index contributed by atoms with van der Waals surface area (Å²) in [5, 5.41) is 6.94. The van der Waals surface area contributed by atoms with Crippen molar-refractivity contribution in [3.63, 3.8) is 0 Å². The molecule has 28 heavy (non-hydrogen) atoms. The lowest BCUT2D eigenvalue weighted by molar-refractivity contribution is 0.179. The van der Waals surface area contributed by atoms with Crippen LogP contribution in [0, 0.1) is 6.92 Å². The number of aryl methyl sites for hydroxylation is 1. The molecule has 1 fully saturated rings. The number of carbonyl (C=O) groups is 1. The second kappa shape index (κ2) is 7.97. The summed E-state index contributed by atoms with van der Waals surface area (Å²) in [7, 11) is 1.63. The zero-order valence-corrected chi connectivity index (χ0v) is 16.1. The molecule has 0 unspecified atom stereocenters. The molecule has 0 saturated carbocycles. The van der Waals surface area contributed by atoms with E-state index in [1.165, 1.54) is 0 Å². The fourth-order valence-corrected chi connectivity index (χ4v) is 3.47. The van der Waals surface area contributed by atoms with E-state index in [0.29, 0.717) is 37.8 Å². The first kappa shape index (κ1) is 18.4. The predicted octanol–water partition coefficient (Wildman–Crippen LogP) is 2.26. The number of ether oxygens (including phenoxy) is 1. The van der Waals surface area contributed by atoms with Crippen molar-refractivity contribution in [1.82, 2.24) is 29.7 Å². The van der Waals surface area contributed by atoms with Gasteiger partial charge in [0.2, 0.25) is 5.89 Å². The van der Waals surface area contributed by atoms with Gasteiger partial charge in [-0.15, -0.1) is 0 Å². The molecule has 0 bridgehead atoms. The average Bonchev–Trinajstić information content (AvgIpc) is 3.42. The van der Waals surface area contributed by atoms with Crippen LogP contribution in [-0.2, 0) is 17.7 Å². The second-order valence-electron chi connectivity index (χ2n) is 7.01. The second-order valence-corrected chi connectivity index (χ2v) is 7.01. The van der Waals surface area contributed by atoms with Crippen molar-refractivity contribution < 1.29 is 14.1 Å². The first-order valence-corrected chi connectivity index (χ1v) is 9.44. The highest BCUT2D eigenvalue weighted by molar-refractivity contribution is 5.74. The van der Waals surface area contributed by atoms with E-state index in [2.05, 4.69) is 20.4 Å². The number of carbonyl (C=O) groups excluding carboxylic acids is 1.